The highest BCUT2D eigenvalue weighted by atomic mass is 32.2. The lowest BCUT2D eigenvalue weighted by Gasteiger charge is -2.32. The lowest BCUT2D eigenvalue weighted by atomic mass is 9.99. The number of piperidine rings is 1. The molecule has 0 unspecified atom stereocenters. The summed E-state index contributed by atoms with van der Waals surface area (Å²) in [5.74, 6) is 1.86. The first-order valence-electron chi connectivity index (χ1n) is 7.19. The standard InChI is InChI=1S/C16H23NO2S/c1-12-8-10-17(11-9-12)16(18)13(2)20-15-6-4-14(19-3)5-7-15/h4-7,12-13H,8-11H2,1-3H3/t13-/m0/s1. The number of hydrogen-bond acceptors (Lipinski definition) is 3. The highest BCUT2D eigenvalue weighted by Gasteiger charge is 2.24. The number of methoxy groups -OCH3 is 1. The molecule has 0 spiro atoms. The van der Waals surface area contributed by atoms with Crippen molar-refractivity contribution in [2.75, 3.05) is 20.2 Å². The molecule has 2 rings (SSSR count). The van der Waals surface area contributed by atoms with Crippen molar-refractivity contribution in [3.8, 4) is 5.75 Å². The SMILES string of the molecule is COc1ccc(S[C@@H](C)C(=O)N2CCC(C)CC2)cc1. The number of ether oxygens (including phenoxy) is 1. The van der Waals surface area contributed by atoms with Crippen LogP contribution in [0.3, 0.4) is 0 Å². The smallest absolute Gasteiger partial charge is 0.235 e. The zero-order valence-electron chi connectivity index (χ0n) is 12.5. The van der Waals surface area contributed by atoms with Crippen molar-refractivity contribution >= 4 is 17.7 Å². The molecule has 1 aliphatic rings. The zero-order valence-corrected chi connectivity index (χ0v) is 13.3. The molecular weight excluding hydrogens is 270 g/mol. The van der Waals surface area contributed by atoms with Crippen LogP contribution >= 0.6 is 11.8 Å². The Hall–Kier alpha value is -1.16. The van der Waals surface area contributed by atoms with Crippen LogP contribution in [-0.4, -0.2) is 36.3 Å². The molecule has 3 nitrogen and oxygen atoms in total. The van der Waals surface area contributed by atoms with Gasteiger partial charge in [-0.2, -0.15) is 0 Å². The van der Waals surface area contributed by atoms with E-state index in [2.05, 4.69) is 6.92 Å². The molecule has 1 fully saturated rings. The Morgan fingerprint density at radius 2 is 1.90 bits per heavy atom. The van der Waals surface area contributed by atoms with E-state index in [0.29, 0.717) is 0 Å². The first-order valence-corrected chi connectivity index (χ1v) is 8.07. The summed E-state index contributed by atoms with van der Waals surface area (Å²) < 4.78 is 5.14. The molecule has 1 aromatic rings. The number of carbonyl (C=O) groups excluding carboxylic acids is 1. The van der Waals surface area contributed by atoms with E-state index in [4.69, 9.17) is 4.74 Å². The maximum absolute atomic E-state index is 12.4. The Morgan fingerprint density at radius 3 is 2.45 bits per heavy atom. The van der Waals surface area contributed by atoms with E-state index < -0.39 is 0 Å². The third-order valence-electron chi connectivity index (χ3n) is 3.82. The summed E-state index contributed by atoms with van der Waals surface area (Å²) in [5, 5.41) is -0.0307. The fraction of sp³-hybridized carbons (Fsp3) is 0.562. The second kappa shape index (κ2) is 7.02. The molecule has 1 aliphatic heterocycles. The first kappa shape index (κ1) is 15.2. The Balaban J connectivity index is 1.89. The highest BCUT2D eigenvalue weighted by Crippen LogP contribution is 2.27. The van der Waals surface area contributed by atoms with Gasteiger partial charge in [0.25, 0.3) is 0 Å². The molecule has 20 heavy (non-hydrogen) atoms. The molecule has 0 bridgehead atoms. The van der Waals surface area contributed by atoms with Gasteiger partial charge in [0.05, 0.1) is 12.4 Å². The van der Waals surface area contributed by atoms with Crippen LogP contribution in [-0.2, 0) is 4.79 Å². The van der Waals surface area contributed by atoms with Crippen molar-refractivity contribution in [2.24, 2.45) is 5.92 Å². The summed E-state index contributed by atoms with van der Waals surface area (Å²) in [6, 6.07) is 7.88. The molecule has 110 valence electrons. The van der Waals surface area contributed by atoms with Gasteiger partial charge in [0.15, 0.2) is 0 Å². The van der Waals surface area contributed by atoms with Gasteiger partial charge < -0.3 is 9.64 Å². The van der Waals surface area contributed by atoms with Gasteiger partial charge >= 0.3 is 0 Å². The number of likely N-dealkylation sites (tertiary alicyclic amines) is 1. The molecule has 0 aromatic heterocycles. The third kappa shape index (κ3) is 3.92. The van der Waals surface area contributed by atoms with Crippen molar-refractivity contribution in [3.63, 3.8) is 0 Å². The third-order valence-corrected chi connectivity index (χ3v) is 4.91. The quantitative estimate of drug-likeness (QED) is 0.797. The van der Waals surface area contributed by atoms with Crippen LogP contribution in [0, 0.1) is 5.92 Å². The molecule has 0 saturated carbocycles. The summed E-state index contributed by atoms with van der Waals surface area (Å²) >= 11 is 1.62. The van der Waals surface area contributed by atoms with Crippen molar-refractivity contribution in [3.05, 3.63) is 24.3 Å². The Kier molecular flexibility index (Phi) is 5.35. The molecule has 0 aliphatic carbocycles. The Bertz CT molecular complexity index is 438. The average molecular weight is 293 g/mol. The van der Waals surface area contributed by atoms with Crippen LogP contribution in [0.1, 0.15) is 26.7 Å². The normalized spacial score (nSPS) is 17.9. The highest BCUT2D eigenvalue weighted by molar-refractivity contribution is 8.00. The first-order chi connectivity index (χ1) is 9.60. The maximum atomic E-state index is 12.4. The van der Waals surface area contributed by atoms with Gasteiger partial charge in [-0.25, -0.2) is 0 Å². The second-order valence-corrected chi connectivity index (χ2v) is 6.86. The largest absolute Gasteiger partial charge is 0.497 e. The molecule has 1 aromatic carbocycles. The van der Waals surface area contributed by atoms with E-state index in [9.17, 15) is 4.79 Å². The van der Waals surface area contributed by atoms with E-state index in [1.807, 2.05) is 36.1 Å². The summed E-state index contributed by atoms with van der Waals surface area (Å²) in [7, 11) is 1.66. The summed E-state index contributed by atoms with van der Waals surface area (Å²) in [6.07, 6.45) is 2.26. The topological polar surface area (TPSA) is 29.5 Å². The minimum atomic E-state index is -0.0307. The van der Waals surface area contributed by atoms with Gasteiger partial charge in [-0.15, -0.1) is 11.8 Å². The number of rotatable bonds is 4. The van der Waals surface area contributed by atoms with Gasteiger partial charge in [0, 0.05) is 18.0 Å². The summed E-state index contributed by atoms with van der Waals surface area (Å²) in [6.45, 7) is 6.08. The molecule has 4 heteroatoms. The maximum Gasteiger partial charge on any atom is 0.235 e. The van der Waals surface area contributed by atoms with Crippen LogP contribution in [0.25, 0.3) is 0 Å². The Morgan fingerprint density at radius 1 is 1.30 bits per heavy atom. The number of benzene rings is 1. The predicted octanol–water partition coefficient (Wildman–Crippen LogP) is 3.43. The van der Waals surface area contributed by atoms with E-state index in [1.54, 1.807) is 18.9 Å². The number of hydrogen-bond donors (Lipinski definition) is 0. The van der Waals surface area contributed by atoms with E-state index in [1.165, 1.54) is 0 Å². The zero-order chi connectivity index (χ0) is 14.5. The van der Waals surface area contributed by atoms with Crippen LogP contribution in [0.2, 0.25) is 0 Å². The summed E-state index contributed by atoms with van der Waals surface area (Å²) in [4.78, 5) is 15.5. The Labute approximate surface area is 125 Å². The van der Waals surface area contributed by atoms with Gasteiger partial charge in [-0.3, -0.25) is 4.79 Å². The van der Waals surface area contributed by atoms with Crippen LogP contribution in [0.15, 0.2) is 29.2 Å². The molecule has 1 amide bonds. The minimum Gasteiger partial charge on any atom is -0.497 e. The second-order valence-electron chi connectivity index (χ2n) is 5.44. The van der Waals surface area contributed by atoms with Crippen molar-refractivity contribution in [1.82, 2.24) is 4.90 Å². The fourth-order valence-corrected chi connectivity index (χ4v) is 3.35. The molecule has 1 saturated heterocycles. The molecule has 1 atom stereocenters. The lowest BCUT2D eigenvalue weighted by Crippen LogP contribution is -2.41. The molecule has 1 heterocycles. The number of thioether (sulfide) groups is 1. The number of amides is 1. The van der Waals surface area contributed by atoms with Crippen LogP contribution in [0.5, 0.6) is 5.75 Å². The number of carbonyl (C=O) groups is 1. The molecule has 0 N–H and O–H groups in total. The average Bonchev–Trinajstić information content (AvgIpc) is 2.48. The molecule has 0 radical (unpaired) electrons. The van der Waals surface area contributed by atoms with Crippen molar-refractivity contribution < 1.29 is 9.53 Å². The van der Waals surface area contributed by atoms with Crippen LogP contribution in [0.4, 0.5) is 0 Å². The van der Waals surface area contributed by atoms with E-state index in [0.717, 1.165) is 42.5 Å². The number of nitrogens with zero attached hydrogens (tertiary/aromatic N) is 1. The molecular formula is C16H23NO2S. The van der Waals surface area contributed by atoms with Gasteiger partial charge in [-0.05, 0) is 49.9 Å². The minimum absolute atomic E-state index is 0.0307. The predicted molar refractivity (Wildman–Crippen MR) is 83.3 cm³/mol. The lowest BCUT2D eigenvalue weighted by molar-refractivity contribution is -0.131. The van der Waals surface area contributed by atoms with Crippen molar-refractivity contribution in [2.45, 2.75) is 36.8 Å². The van der Waals surface area contributed by atoms with E-state index >= 15 is 0 Å². The van der Waals surface area contributed by atoms with Gasteiger partial charge in [0.1, 0.15) is 5.75 Å². The van der Waals surface area contributed by atoms with E-state index in [-0.39, 0.29) is 11.2 Å². The van der Waals surface area contributed by atoms with Crippen molar-refractivity contribution in [1.29, 1.82) is 0 Å². The van der Waals surface area contributed by atoms with Crippen LogP contribution < -0.4 is 4.74 Å². The fourth-order valence-electron chi connectivity index (χ4n) is 2.39. The van der Waals surface area contributed by atoms with Gasteiger partial charge in [-0.1, -0.05) is 6.92 Å². The summed E-state index contributed by atoms with van der Waals surface area (Å²) in [5.41, 5.74) is 0. The van der Waals surface area contributed by atoms with Gasteiger partial charge in [0.2, 0.25) is 5.91 Å². The monoisotopic (exact) mass is 293 g/mol.